The Balaban J connectivity index is 0.000000154. The number of benzene rings is 4. The monoisotopic (exact) mass is 1080 g/mol. The third kappa shape index (κ3) is 14.0. The van der Waals surface area contributed by atoms with Crippen LogP contribution in [0.25, 0.3) is 0 Å². The number of hydrogen-bond acceptors (Lipinski definition) is 12. The van der Waals surface area contributed by atoms with Crippen LogP contribution in [0.1, 0.15) is 124 Å². The second kappa shape index (κ2) is 25.6. The van der Waals surface area contributed by atoms with E-state index >= 15 is 0 Å². The molecule has 6 aliphatic heterocycles. The average molecular weight is 1080 g/mol. The molecular weight excluding hydrogens is 990 g/mol. The van der Waals surface area contributed by atoms with Gasteiger partial charge in [-0.1, -0.05) is 114 Å². The first-order chi connectivity index (χ1) is 36.8. The van der Waals surface area contributed by atoms with Crippen molar-refractivity contribution < 1.29 is 43.9 Å². The van der Waals surface area contributed by atoms with Crippen molar-refractivity contribution in [1.82, 2.24) is 14.7 Å². The van der Waals surface area contributed by atoms with Crippen LogP contribution in [0, 0.1) is 24.7 Å². The normalized spacial score (nSPS) is 28.1. The molecule has 12 nitrogen and oxygen atoms in total. The number of aryl methyl sites for hydroxylation is 2. The third-order valence-corrected chi connectivity index (χ3v) is 18.7. The van der Waals surface area contributed by atoms with Gasteiger partial charge in [0.1, 0.15) is 23.7 Å². The van der Waals surface area contributed by atoms with E-state index in [2.05, 4.69) is 41.9 Å². The molecule has 9 atom stereocenters. The first-order valence-electron chi connectivity index (χ1n) is 28.4. The van der Waals surface area contributed by atoms with Crippen LogP contribution in [0.15, 0.2) is 103 Å². The Bertz CT molecular complexity index is 2440. The molecule has 13 heteroatoms. The van der Waals surface area contributed by atoms with Gasteiger partial charge < -0.3 is 44.2 Å². The summed E-state index contributed by atoms with van der Waals surface area (Å²) in [6, 6.07) is 36.4. The minimum Gasteiger partial charge on any atom is -0.462 e. The average Bonchev–Trinajstić information content (AvgIpc) is 3.84. The van der Waals surface area contributed by atoms with Crippen molar-refractivity contribution >= 4 is 29.5 Å². The number of aliphatic hydroxyl groups excluding tert-OH is 3. The van der Waals surface area contributed by atoms with Gasteiger partial charge in [0.15, 0.2) is 0 Å². The topological polar surface area (TPSA) is 149 Å². The van der Waals surface area contributed by atoms with Crippen LogP contribution in [0.2, 0.25) is 5.02 Å². The molecule has 10 rings (SSSR count). The molecular formula is C64H86ClN3O9. The van der Waals surface area contributed by atoms with Crippen molar-refractivity contribution in [2.24, 2.45) is 10.8 Å². The molecule has 9 unspecified atom stereocenters. The number of rotatable bonds is 16. The zero-order valence-electron chi connectivity index (χ0n) is 46.7. The zero-order chi connectivity index (χ0) is 55.1. The van der Waals surface area contributed by atoms with Gasteiger partial charge in [0.2, 0.25) is 0 Å². The number of halogens is 1. The minimum absolute atomic E-state index is 0.00454. The van der Waals surface area contributed by atoms with Crippen LogP contribution in [-0.4, -0.2) is 143 Å². The lowest BCUT2D eigenvalue weighted by atomic mass is 9.76. The van der Waals surface area contributed by atoms with Gasteiger partial charge in [0, 0.05) is 41.3 Å². The molecule has 6 fully saturated rings. The molecule has 77 heavy (non-hydrogen) atoms. The highest BCUT2D eigenvalue weighted by Gasteiger charge is 2.47. The van der Waals surface area contributed by atoms with Gasteiger partial charge in [0.25, 0.3) is 0 Å². The van der Waals surface area contributed by atoms with Crippen molar-refractivity contribution in [2.75, 3.05) is 41.0 Å². The zero-order valence-corrected chi connectivity index (χ0v) is 47.5. The molecule has 0 aromatic heterocycles. The second-order valence-corrected chi connectivity index (χ2v) is 24.8. The quantitative estimate of drug-likeness (QED) is 0.0725. The lowest BCUT2D eigenvalue weighted by Crippen LogP contribution is -2.48. The fourth-order valence-corrected chi connectivity index (χ4v) is 13.4. The summed E-state index contributed by atoms with van der Waals surface area (Å²) in [4.78, 5) is 46.3. The summed E-state index contributed by atoms with van der Waals surface area (Å²) in [6.45, 7) is 6.96. The number of hydrogen-bond donors (Lipinski definition) is 3. The lowest BCUT2D eigenvalue weighted by Gasteiger charge is -2.38. The minimum atomic E-state index is -1.09. The SMILES string of the molecule is CN1C2CCC1CC(OC(=O)C(C)(CO)Cc1ccc(Cl)cc1)C2.Cc1ccc(CC(C)(CO)C(=O)OC2CC3CCC(C2)N3C)cc1.Cc1cccc(CC(CO)(C(=O)OC2CC3CCC(C2)N3C)c2ccccc2)c1. The molecule has 6 bridgehead atoms. The molecule has 4 aromatic carbocycles. The summed E-state index contributed by atoms with van der Waals surface area (Å²) in [5.41, 5.74) is 3.31. The van der Waals surface area contributed by atoms with Crippen LogP contribution in [0.4, 0.5) is 0 Å². The van der Waals surface area contributed by atoms with Crippen LogP contribution in [-0.2, 0) is 53.3 Å². The first kappa shape index (κ1) is 58.5. The Kier molecular flexibility index (Phi) is 19.5. The van der Waals surface area contributed by atoms with Crippen LogP contribution in [0.3, 0.4) is 0 Å². The van der Waals surface area contributed by atoms with Crippen molar-refractivity contribution in [1.29, 1.82) is 0 Å². The fourth-order valence-electron chi connectivity index (χ4n) is 13.3. The number of carbonyl (C=O) groups excluding carboxylic acids is 3. The van der Waals surface area contributed by atoms with Gasteiger partial charge in [-0.3, -0.25) is 14.4 Å². The number of ether oxygens (including phenoxy) is 3. The van der Waals surface area contributed by atoms with E-state index in [9.17, 15) is 29.7 Å². The highest BCUT2D eigenvalue weighted by molar-refractivity contribution is 6.30. The molecule has 6 aliphatic rings. The third-order valence-electron chi connectivity index (χ3n) is 18.5. The number of fused-ring (bicyclic) bond motifs is 6. The van der Waals surface area contributed by atoms with E-state index in [-0.39, 0.29) is 56.0 Å². The molecule has 3 N–H and O–H groups in total. The maximum absolute atomic E-state index is 13.6. The molecule has 0 aliphatic carbocycles. The summed E-state index contributed by atoms with van der Waals surface area (Å²) >= 11 is 5.91. The second-order valence-electron chi connectivity index (χ2n) is 24.3. The van der Waals surface area contributed by atoms with Crippen LogP contribution in [0.5, 0.6) is 0 Å². The summed E-state index contributed by atoms with van der Waals surface area (Å²) in [6.07, 6.45) is 13.9. The van der Waals surface area contributed by atoms with E-state index in [4.69, 9.17) is 25.8 Å². The number of piperidine rings is 3. The van der Waals surface area contributed by atoms with Crippen molar-refractivity contribution in [3.63, 3.8) is 0 Å². The predicted octanol–water partition coefficient (Wildman–Crippen LogP) is 9.39. The van der Waals surface area contributed by atoms with Gasteiger partial charge in [-0.15, -0.1) is 0 Å². The molecule has 418 valence electrons. The molecule has 0 radical (unpaired) electrons. The Morgan fingerprint density at radius 3 is 1.25 bits per heavy atom. The van der Waals surface area contributed by atoms with Crippen molar-refractivity contribution in [2.45, 2.75) is 184 Å². The summed E-state index contributed by atoms with van der Waals surface area (Å²) < 4.78 is 17.8. The van der Waals surface area contributed by atoms with Gasteiger partial charge >= 0.3 is 17.9 Å². The fraction of sp³-hybridized carbons (Fsp3) is 0.578. The van der Waals surface area contributed by atoms with Gasteiger partial charge in [-0.05, 0) is 180 Å². The summed E-state index contributed by atoms with van der Waals surface area (Å²) in [5.74, 6) is -0.866. The molecule has 0 saturated carbocycles. The van der Waals surface area contributed by atoms with E-state index in [1.165, 1.54) is 44.1 Å². The summed E-state index contributed by atoms with van der Waals surface area (Å²) in [5, 5.41) is 30.8. The van der Waals surface area contributed by atoms with Crippen molar-refractivity contribution in [3.8, 4) is 0 Å². The molecule has 4 aromatic rings. The van der Waals surface area contributed by atoms with E-state index in [0.29, 0.717) is 60.5 Å². The number of aliphatic hydroxyl groups is 3. The van der Waals surface area contributed by atoms with E-state index in [1.807, 2.05) is 98.8 Å². The predicted molar refractivity (Wildman–Crippen MR) is 302 cm³/mol. The largest absolute Gasteiger partial charge is 0.462 e. The molecule has 6 saturated heterocycles. The van der Waals surface area contributed by atoms with E-state index in [1.54, 1.807) is 26.0 Å². The lowest BCUT2D eigenvalue weighted by molar-refractivity contribution is -0.167. The highest BCUT2D eigenvalue weighted by Crippen LogP contribution is 2.40. The smallest absolute Gasteiger partial charge is 0.319 e. The Morgan fingerprint density at radius 2 is 0.870 bits per heavy atom. The Labute approximate surface area is 463 Å². The molecule has 0 spiro atoms. The van der Waals surface area contributed by atoms with Crippen LogP contribution < -0.4 is 0 Å². The summed E-state index contributed by atoms with van der Waals surface area (Å²) in [7, 11) is 6.52. The molecule has 6 heterocycles. The van der Waals surface area contributed by atoms with Crippen molar-refractivity contribution in [3.05, 3.63) is 142 Å². The first-order valence-corrected chi connectivity index (χ1v) is 28.7. The standard InChI is InChI=1S/C25H31NO3.C20H29NO3.C19H26ClNO3/c1-18-7-6-8-19(13-18)16-25(17-27,20-9-4-3-5-10-20)24(28)29-23-14-21-11-12-22(15-23)26(21)2;1-14-4-6-15(7-5-14)12-20(2,13-22)19(23)24-18-10-16-8-9-17(11-18)21(16)3;1-19(12-22,11-13-3-5-14(20)6-4-13)18(23)24-17-9-15-7-8-16(10-17)21(15)2/h3-10,13,21-23,27H,11-12,14-17H2,1-2H3;4-7,16-18,22H,8-13H2,1-3H3;3-6,15-17,22H,7-12H2,1-2H3. The number of nitrogens with zero attached hydrogens (tertiary/aromatic N) is 3. The van der Waals surface area contributed by atoms with Crippen LogP contribution >= 0.6 is 11.6 Å². The van der Waals surface area contributed by atoms with Gasteiger partial charge in [-0.2, -0.15) is 0 Å². The van der Waals surface area contributed by atoms with E-state index in [0.717, 1.165) is 66.3 Å². The Morgan fingerprint density at radius 1 is 0.481 bits per heavy atom. The highest BCUT2D eigenvalue weighted by atomic mass is 35.5. The van der Waals surface area contributed by atoms with Gasteiger partial charge in [-0.25, -0.2) is 0 Å². The Hall–Kier alpha value is -4.66. The number of esters is 3. The molecule has 0 amide bonds. The number of carbonyl (C=O) groups is 3. The maximum Gasteiger partial charge on any atom is 0.319 e. The van der Waals surface area contributed by atoms with Gasteiger partial charge in [0.05, 0.1) is 30.7 Å². The van der Waals surface area contributed by atoms with E-state index < -0.39 is 16.2 Å². The maximum atomic E-state index is 13.6.